The molecule has 0 aliphatic carbocycles. The Morgan fingerprint density at radius 1 is 1.06 bits per heavy atom. The molecular weight excluding hydrogens is 409 g/mol. The molecule has 174 valence electrons. The van der Waals surface area contributed by atoms with Gasteiger partial charge in [0, 0.05) is 36.2 Å². The fraction of sp³-hybridized carbons (Fsp3) is 0.241. The van der Waals surface area contributed by atoms with E-state index in [1.165, 1.54) is 5.56 Å². The number of benzene rings is 2. The molecule has 33 heavy (non-hydrogen) atoms. The van der Waals surface area contributed by atoms with E-state index in [1.54, 1.807) is 6.08 Å². The summed E-state index contributed by atoms with van der Waals surface area (Å²) < 4.78 is 13.6. The summed E-state index contributed by atoms with van der Waals surface area (Å²) in [7, 11) is 1.88. The van der Waals surface area contributed by atoms with E-state index in [0.29, 0.717) is 12.1 Å². The summed E-state index contributed by atoms with van der Waals surface area (Å²) in [6.07, 6.45) is 10.5. The molecule has 0 saturated heterocycles. The molecule has 0 aliphatic rings. The summed E-state index contributed by atoms with van der Waals surface area (Å²) in [6, 6.07) is 16.5. The fourth-order valence-electron chi connectivity index (χ4n) is 3.17. The van der Waals surface area contributed by atoms with E-state index >= 15 is 0 Å². The van der Waals surface area contributed by atoms with Crippen LogP contribution in [0.1, 0.15) is 37.0 Å². The Hall–Kier alpha value is -3.53. The van der Waals surface area contributed by atoms with Crippen LogP contribution < -0.4 is 16.0 Å². The van der Waals surface area contributed by atoms with Crippen LogP contribution in [-0.2, 0) is 6.54 Å². The molecule has 0 unspecified atom stereocenters. The first-order valence-corrected chi connectivity index (χ1v) is 11.3. The Kier molecular flexibility index (Phi) is 10.8. The van der Waals surface area contributed by atoms with E-state index in [-0.39, 0.29) is 0 Å². The number of alkyl halides is 1. The van der Waals surface area contributed by atoms with Crippen molar-refractivity contribution in [2.45, 2.75) is 33.7 Å². The van der Waals surface area contributed by atoms with Gasteiger partial charge in [0.15, 0.2) is 0 Å². The third-order valence-corrected chi connectivity index (χ3v) is 5.14. The highest BCUT2D eigenvalue weighted by atomic mass is 19.1. The number of allylic oxidation sites excluding steroid dienone is 4. The summed E-state index contributed by atoms with van der Waals surface area (Å²) in [5.41, 5.74) is 7.54. The van der Waals surface area contributed by atoms with Gasteiger partial charge in [0.25, 0.3) is 0 Å². The van der Waals surface area contributed by atoms with Crippen LogP contribution in [0.2, 0.25) is 0 Å². The zero-order chi connectivity index (χ0) is 24.1. The van der Waals surface area contributed by atoms with Crippen molar-refractivity contribution in [2.75, 3.05) is 19.0 Å². The van der Waals surface area contributed by atoms with Crippen molar-refractivity contribution in [1.29, 1.82) is 0 Å². The molecule has 0 heterocycles. The largest absolute Gasteiger partial charge is 0.394 e. The smallest absolute Gasteiger partial charge is 0.114 e. The molecule has 2 aromatic rings. The zero-order valence-electron chi connectivity index (χ0n) is 20.2. The van der Waals surface area contributed by atoms with Gasteiger partial charge in [0.1, 0.15) is 6.67 Å². The Morgan fingerprint density at radius 3 is 2.33 bits per heavy atom. The number of aryl methyl sites for hydroxylation is 1. The molecule has 4 heteroatoms. The maximum Gasteiger partial charge on any atom is 0.114 e. The molecule has 0 atom stereocenters. The minimum atomic E-state index is -0.529. The first kappa shape index (κ1) is 25.7. The normalized spacial score (nSPS) is 12.7. The number of anilines is 1. The summed E-state index contributed by atoms with van der Waals surface area (Å²) >= 11 is 0. The predicted octanol–water partition coefficient (Wildman–Crippen LogP) is 7.04. The van der Waals surface area contributed by atoms with E-state index < -0.39 is 6.67 Å². The van der Waals surface area contributed by atoms with Crippen LogP contribution >= 0.6 is 0 Å². The van der Waals surface area contributed by atoms with Crippen molar-refractivity contribution in [2.24, 2.45) is 0 Å². The number of nitrogens with one attached hydrogen (secondary N) is 3. The fourth-order valence-corrected chi connectivity index (χ4v) is 3.17. The maximum atomic E-state index is 13.6. The van der Waals surface area contributed by atoms with E-state index in [0.717, 1.165) is 40.2 Å². The van der Waals surface area contributed by atoms with Gasteiger partial charge in [-0.05, 0) is 67.5 Å². The minimum absolute atomic E-state index is 0.529. The van der Waals surface area contributed by atoms with Gasteiger partial charge in [-0.3, -0.25) is 0 Å². The molecule has 0 aromatic heterocycles. The highest BCUT2D eigenvalue weighted by Gasteiger charge is 2.11. The third-order valence-electron chi connectivity index (χ3n) is 5.14. The number of rotatable bonds is 12. The predicted molar refractivity (Wildman–Crippen MR) is 142 cm³/mol. The summed E-state index contributed by atoms with van der Waals surface area (Å²) in [5.74, 6) is 0. The van der Waals surface area contributed by atoms with E-state index in [4.69, 9.17) is 0 Å². The molecular formula is C29H36FN3. The van der Waals surface area contributed by atoms with Crippen LogP contribution in [0.3, 0.4) is 0 Å². The second-order valence-corrected chi connectivity index (χ2v) is 7.77. The van der Waals surface area contributed by atoms with E-state index in [2.05, 4.69) is 78.9 Å². The molecule has 2 rings (SSSR count). The lowest BCUT2D eigenvalue weighted by molar-refractivity contribution is 0.549. The minimum Gasteiger partial charge on any atom is -0.394 e. The van der Waals surface area contributed by atoms with Crippen LogP contribution in [0.15, 0.2) is 102 Å². The van der Waals surface area contributed by atoms with Crippen molar-refractivity contribution in [1.82, 2.24) is 10.6 Å². The molecule has 2 aromatic carbocycles. The average Bonchev–Trinajstić information content (AvgIpc) is 2.84. The molecule has 0 fully saturated rings. The first-order chi connectivity index (χ1) is 16.0. The molecule has 0 aliphatic heterocycles. The zero-order valence-corrected chi connectivity index (χ0v) is 20.2. The van der Waals surface area contributed by atoms with Crippen LogP contribution in [-0.4, -0.2) is 13.7 Å². The highest BCUT2D eigenvalue weighted by Crippen LogP contribution is 2.23. The van der Waals surface area contributed by atoms with Crippen LogP contribution in [0.25, 0.3) is 6.08 Å². The van der Waals surface area contributed by atoms with Gasteiger partial charge >= 0.3 is 0 Å². The summed E-state index contributed by atoms with van der Waals surface area (Å²) in [4.78, 5) is 0. The average molecular weight is 446 g/mol. The van der Waals surface area contributed by atoms with Crippen molar-refractivity contribution >= 4 is 11.8 Å². The molecule has 0 spiro atoms. The monoisotopic (exact) mass is 445 g/mol. The van der Waals surface area contributed by atoms with Crippen LogP contribution in [0, 0.1) is 6.92 Å². The van der Waals surface area contributed by atoms with Gasteiger partial charge in [-0.25, -0.2) is 4.39 Å². The SMILES string of the molecule is C=C(NCc1ccc(/C=C/NC)cc1)C(=C\C(=C/C)CF)/C(=C\CC)Nc1ccc(C)cc1. The molecule has 0 amide bonds. The molecule has 3 N–H and O–H groups in total. The maximum absolute atomic E-state index is 13.6. The number of halogens is 1. The van der Waals surface area contributed by atoms with Crippen LogP contribution in [0.4, 0.5) is 10.1 Å². The van der Waals surface area contributed by atoms with E-state index in [9.17, 15) is 4.39 Å². The summed E-state index contributed by atoms with van der Waals surface area (Å²) in [6.45, 7) is 10.4. The van der Waals surface area contributed by atoms with Gasteiger partial charge in [-0.2, -0.15) is 0 Å². The molecule has 0 saturated carbocycles. The van der Waals surface area contributed by atoms with Gasteiger partial charge < -0.3 is 16.0 Å². The molecule has 0 bridgehead atoms. The quantitative estimate of drug-likeness (QED) is 0.307. The first-order valence-electron chi connectivity index (χ1n) is 11.3. The lowest BCUT2D eigenvalue weighted by Crippen LogP contribution is -2.17. The van der Waals surface area contributed by atoms with Gasteiger partial charge in [0.2, 0.25) is 0 Å². The second kappa shape index (κ2) is 13.8. The number of hydrogen-bond acceptors (Lipinski definition) is 3. The van der Waals surface area contributed by atoms with Gasteiger partial charge in [-0.1, -0.05) is 67.6 Å². The number of hydrogen-bond donors (Lipinski definition) is 3. The van der Waals surface area contributed by atoms with Crippen LogP contribution in [0.5, 0.6) is 0 Å². The lowest BCUT2D eigenvalue weighted by Gasteiger charge is -2.19. The molecule has 0 radical (unpaired) electrons. The van der Waals surface area contributed by atoms with Crippen molar-refractivity contribution in [3.05, 3.63) is 119 Å². The Balaban J connectivity index is 2.25. The molecule has 3 nitrogen and oxygen atoms in total. The standard InChI is InChI=1S/C29H36FN3/c1-6-8-29(33-27-15-9-22(3)10-16-27)28(19-24(7-2)20-30)23(4)32-21-26-13-11-25(12-14-26)17-18-31-5/h7-19,31-33H,4,6,20-21H2,1-3,5H3/b18-17+,24-7+,28-19+,29-8+. The highest BCUT2D eigenvalue weighted by molar-refractivity contribution is 5.59. The lowest BCUT2D eigenvalue weighted by atomic mass is 10.0. The Labute approximate surface area is 198 Å². The van der Waals surface area contributed by atoms with Crippen molar-refractivity contribution < 1.29 is 4.39 Å². The second-order valence-electron chi connectivity index (χ2n) is 7.77. The van der Waals surface area contributed by atoms with E-state index in [1.807, 2.05) is 44.5 Å². The third kappa shape index (κ3) is 8.49. The topological polar surface area (TPSA) is 36.1 Å². The Bertz CT molecular complexity index is 1010. The van der Waals surface area contributed by atoms with Crippen molar-refractivity contribution in [3.8, 4) is 0 Å². The summed E-state index contributed by atoms with van der Waals surface area (Å²) in [5, 5.41) is 9.92. The Morgan fingerprint density at radius 2 is 1.76 bits per heavy atom. The van der Waals surface area contributed by atoms with Gasteiger partial charge in [-0.15, -0.1) is 0 Å². The van der Waals surface area contributed by atoms with Crippen molar-refractivity contribution in [3.63, 3.8) is 0 Å². The van der Waals surface area contributed by atoms with Gasteiger partial charge in [0.05, 0.1) is 0 Å².